The summed E-state index contributed by atoms with van der Waals surface area (Å²) < 4.78 is 0. The number of anilines is 1. The van der Waals surface area contributed by atoms with Gasteiger partial charge in [-0.3, -0.25) is 9.69 Å². The van der Waals surface area contributed by atoms with Crippen molar-refractivity contribution >= 4 is 11.6 Å². The largest absolute Gasteiger partial charge is 0.367 e. The molecular formula is C16H21N3O. The van der Waals surface area contributed by atoms with Crippen molar-refractivity contribution in [1.29, 1.82) is 0 Å². The van der Waals surface area contributed by atoms with Crippen LogP contribution >= 0.6 is 0 Å². The van der Waals surface area contributed by atoms with Gasteiger partial charge in [0.1, 0.15) is 0 Å². The second kappa shape index (κ2) is 6.97. The number of fused-ring (bicyclic) bond motifs is 1. The summed E-state index contributed by atoms with van der Waals surface area (Å²) in [4.78, 5) is 16.2. The van der Waals surface area contributed by atoms with Crippen LogP contribution in [0.15, 0.2) is 24.3 Å². The number of para-hydroxylation sites is 1. The average molecular weight is 271 g/mol. The predicted octanol–water partition coefficient (Wildman–Crippen LogP) is 1.86. The molecule has 1 N–H and O–H groups in total. The third-order valence-electron chi connectivity index (χ3n) is 3.50. The molecule has 0 saturated carbocycles. The summed E-state index contributed by atoms with van der Waals surface area (Å²) in [6, 6.07) is 7.59. The van der Waals surface area contributed by atoms with Crippen molar-refractivity contribution in [2.24, 2.45) is 0 Å². The zero-order valence-electron chi connectivity index (χ0n) is 12.1. The Kier molecular flexibility index (Phi) is 5.03. The van der Waals surface area contributed by atoms with E-state index in [0.717, 1.165) is 30.9 Å². The van der Waals surface area contributed by atoms with Crippen LogP contribution in [0.25, 0.3) is 0 Å². The number of hydrogen-bond donors (Lipinski definition) is 1. The van der Waals surface area contributed by atoms with Gasteiger partial charge >= 0.3 is 0 Å². The summed E-state index contributed by atoms with van der Waals surface area (Å²) in [7, 11) is 0. The fourth-order valence-electron chi connectivity index (χ4n) is 2.14. The minimum absolute atomic E-state index is 0.0523. The predicted molar refractivity (Wildman–Crippen MR) is 81.5 cm³/mol. The number of amides is 1. The lowest BCUT2D eigenvalue weighted by Crippen LogP contribution is -2.40. The quantitative estimate of drug-likeness (QED) is 0.849. The molecule has 1 aromatic rings. The van der Waals surface area contributed by atoms with E-state index in [2.05, 4.69) is 35.9 Å². The third kappa shape index (κ3) is 3.31. The Hall–Kier alpha value is -1.99. The summed E-state index contributed by atoms with van der Waals surface area (Å²) >= 11 is 0. The fourth-order valence-corrected chi connectivity index (χ4v) is 2.14. The van der Waals surface area contributed by atoms with Crippen LogP contribution in [-0.4, -0.2) is 48.6 Å². The lowest BCUT2D eigenvalue weighted by molar-refractivity contribution is 0.0779. The van der Waals surface area contributed by atoms with Crippen LogP contribution in [0.5, 0.6) is 0 Å². The first-order chi connectivity index (χ1) is 9.76. The highest BCUT2D eigenvalue weighted by atomic mass is 16.2. The van der Waals surface area contributed by atoms with E-state index in [1.165, 1.54) is 0 Å². The number of benzene rings is 1. The Balaban J connectivity index is 1.93. The molecule has 0 radical (unpaired) electrons. The molecule has 1 heterocycles. The van der Waals surface area contributed by atoms with Gasteiger partial charge in [-0.1, -0.05) is 37.8 Å². The van der Waals surface area contributed by atoms with Crippen molar-refractivity contribution in [2.45, 2.75) is 13.8 Å². The SMILES string of the molecule is CCN(CC)CC#CCN1CNc2ccccc2C1=O. The molecule has 0 aliphatic carbocycles. The lowest BCUT2D eigenvalue weighted by atomic mass is 10.1. The van der Waals surface area contributed by atoms with E-state index < -0.39 is 0 Å². The molecule has 0 bridgehead atoms. The molecule has 106 valence electrons. The fraction of sp³-hybridized carbons (Fsp3) is 0.438. The van der Waals surface area contributed by atoms with Crippen molar-refractivity contribution in [3.8, 4) is 11.8 Å². The van der Waals surface area contributed by atoms with Crippen molar-refractivity contribution in [1.82, 2.24) is 9.80 Å². The number of rotatable bonds is 4. The highest BCUT2D eigenvalue weighted by molar-refractivity contribution is 6.01. The molecule has 0 atom stereocenters. The smallest absolute Gasteiger partial charge is 0.258 e. The zero-order valence-corrected chi connectivity index (χ0v) is 12.1. The minimum atomic E-state index is 0.0523. The summed E-state index contributed by atoms with van der Waals surface area (Å²) in [6.07, 6.45) is 0. The summed E-state index contributed by atoms with van der Waals surface area (Å²) in [5, 5.41) is 3.24. The van der Waals surface area contributed by atoms with Crippen molar-refractivity contribution in [3.05, 3.63) is 29.8 Å². The maximum Gasteiger partial charge on any atom is 0.258 e. The number of carbonyl (C=O) groups is 1. The maximum absolute atomic E-state index is 12.3. The van der Waals surface area contributed by atoms with Crippen LogP contribution in [0, 0.1) is 11.8 Å². The van der Waals surface area contributed by atoms with Crippen molar-refractivity contribution in [3.63, 3.8) is 0 Å². The molecule has 0 fully saturated rings. The van der Waals surface area contributed by atoms with E-state index in [-0.39, 0.29) is 5.91 Å². The lowest BCUT2D eigenvalue weighted by Gasteiger charge is -2.28. The van der Waals surface area contributed by atoms with Crippen LogP contribution in [0.3, 0.4) is 0 Å². The van der Waals surface area contributed by atoms with Gasteiger partial charge in [-0.05, 0) is 25.2 Å². The molecule has 1 aliphatic heterocycles. The highest BCUT2D eigenvalue weighted by Gasteiger charge is 2.22. The first kappa shape index (κ1) is 14.4. The third-order valence-corrected chi connectivity index (χ3v) is 3.50. The summed E-state index contributed by atoms with van der Waals surface area (Å²) in [5.41, 5.74) is 1.63. The van der Waals surface area contributed by atoms with Crippen LogP contribution < -0.4 is 5.32 Å². The molecule has 0 spiro atoms. The minimum Gasteiger partial charge on any atom is -0.367 e. The van der Waals surface area contributed by atoms with E-state index in [0.29, 0.717) is 13.2 Å². The molecule has 1 amide bonds. The second-order valence-electron chi connectivity index (χ2n) is 4.70. The molecule has 0 unspecified atom stereocenters. The van der Waals surface area contributed by atoms with Gasteiger partial charge in [0.25, 0.3) is 5.91 Å². The molecule has 4 heteroatoms. The van der Waals surface area contributed by atoms with E-state index in [4.69, 9.17) is 0 Å². The van der Waals surface area contributed by atoms with E-state index in [9.17, 15) is 4.79 Å². The molecule has 1 aliphatic rings. The maximum atomic E-state index is 12.3. The molecule has 2 rings (SSSR count). The van der Waals surface area contributed by atoms with Gasteiger partial charge in [0, 0.05) is 5.69 Å². The van der Waals surface area contributed by atoms with Gasteiger partial charge in [-0.25, -0.2) is 0 Å². The second-order valence-corrected chi connectivity index (χ2v) is 4.70. The van der Waals surface area contributed by atoms with E-state index in [1.807, 2.05) is 24.3 Å². The normalized spacial score (nSPS) is 13.6. The van der Waals surface area contributed by atoms with Gasteiger partial charge in [0.15, 0.2) is 0 Å². The molecule has 0 saturated heterocycles. The molecule has 4 nitrogen and oxygen atoms in total. The number of nitrogens with one attached hydrogen (secondary N) is 1. The monoisotopic (exact) mass is 271 g/mol. The highest BCUT2D eigenvalue weighted by Crippen LogP contribution is 2.20. The van der Waals surface area contributed by atoms with Crippen molar-refractivity contribution < 1.29 is 4.79 Å². The van der Waals surface area contributed by atoms with Crippen LogP contribution in [0.4, 0.5) is 5.69 Å². The first-order valence-corrected chi connectivity index (χ1v) is 7.06. The van der Waals surface area contributed by atoms with E-state index >= 15 is 0 Å². The Morgan fingerprint density at radius 2 is 2.00 bits per heavy atom. The Morgan fingerprint density at radius 3 is 2.75 bits per heavy atom. The van der Waals surface area contributed by atoms with Gasteiger partial charge in [-0.2, -0.15) is 0 Å². The van der Waals surface area contributed by atoms with Crippen LogP contribution in [-0.2, 0) is 0 Å². The Labute approximate surface area is 120 Å². The van der Waals surface area contributed by atoms with Crippen molar-refractivity contribution in [2.75, 3.05) is 38.2 Å². The topological polar surface area (TPSA) is 35.6 Å². The van der Waals surface area contributed by atoms with E-state index in [1.54, 1.807) is 4.90 Å². The van der Waals surface area contributed by atoms with Gasteiger partial charge in [0.05, 0.1) is 25.3 Å². The zero-order chi connectivity index (χ0) is 14.4. The van der Waals surface area contributed by atoms with Gasteiger partial charge in [-0.15, -0.1) is 0 Å². The standard InChI is InChI=1S/C16H21N3O/c1-3-18(4-2)11-7-8-12-19-13-17-15-10-6-5-9-14(15)16(19)20/h5-6,9-10,17H,3-4,11-13H2,1-2H3. The van der Waals surface area contributed by atoms with Gasteiger partial charge < -0.3 is 10.2 Å². The molecule has 20 heavy (non-hydrogen) atoms. The van der Waals surface area contributed by atoms with Crippen LogP contribution in [0.2, 0.25) is 0 Å². The van der Waals surface area contributed by atoms with Crippen LogP contribution in [0.1, 0.15) is 24.2 Å². The molecular weight excluding hydrogens is 250 g/mol. The number of carbonyl (C=O) groups excluding carboxylic acids is 1. The Bertz CT molecular complexity index is 526. The molecule has 1 aromatic carbocycles. The summed E-state index contributed by atoms with van der Waals surface area (Å²) in [5.74, 6) is 6.27. The average Bonchev–Trinajstić information content (AvgIpc) is 2.50. The number of nitrogens with zero attached hydrogens (tertiary/aromatic N) is 2. The number of hydrogen-bond acceptors (Lipinski definition) is 3. The Morgan fingerprint density at radius 1 is 1.25 bits per heavy atom. The first-order valence-electron chi connectivity index (χ1n) is 7.06. The molecule has 0 aromatic heterocycles. The van der Waals surface area contributed by atoms with Gasteiger partial charge in [0.2, 0.25) is 0 Å². The summed E-state index contributed by atoms with van der Waals surface area (Å²) in [6.45, 7) is 8.02.